The molecule has 0 saturated carbocycles. The van der Waals surface area contributed by atoms with Crippen molar-refractivity contribution in [2.24, 2.45) is 0 Å². The maximum atomic E-state index is 5.50. The van der Waals surface area contributed by atoms with Gasteiger partial charge in [0, 0.05) is 24.4 Å². The summed E-state index contributed by atoms with van der Waals surface area (Å²) in [5.41, 5.74) is 0.895. The second-order valence-corrected chi connectivity index (χ2v) is 6.80. The van der Waals surface area contributed by atoms with Crippen molar-refractivity contribution in [1.29, 1.82) is 0 Å². The lowest BCUT2D eigenvalue weighted by Gasteiger charge is -2.08. The molecule has 4 rings (SSSR count). The molecule has 0 amide bonds. The van der Waals surface area contributed by atoms with Gasteiger partial charge in [-0.25, -0.2) is 0 Å². The van der Waals surface area contributed by atoms with Crippen molar-refractivity contribution >= 4 is 11.8 Å². The molecule has 8 nitrogen and oxygen atoms in total. The summed E-state index contributed by atoms with van der Waals surface area (Å²) in [7, 11) is 0. The molecule has 0 bridgehead atoms. The van der Waals surface area contributed by atoms with E-state index in [2.05, 4.69) is 32.2 Å². The van der Waals surface area contributed by atoms with Gasteiger partial charge in [-0.05, 0) is 30.7 Å². The van der Waals surface area contributed by atoms with Gasteiger partial charge >= 0.3 is 0 Å². The topological polar surface area (TPSA) is 95.7 Å². The highest BCUT2D eigenvalue weighted by molar-refractivity contribution is 7.98. The first-order chi connectivity index (χ1) is 13.3. The van der Waals surface area contributed by atoms with Crippen LogP contribution >= 0.6 is 11.8 Å². The Bertz CT molecular complexity index is 981. The van der Waals surface area contributed by atoms with Gasteiger partial charge in [-0.3, -0.25) is 9.55 Å². The summed E-state index contributed by atoms with van der Waals surface area (Å²) in [6.07, 6.45) is 6.96. The Labute approximate surface area is 160 Å². The average Bonchev–Trinajstić information content (AvgIpc) is 3.43. The van der Waals surface area contributed by atoms with Gasteiger partial charge in [-0.1, -0.05) is 23.8 Å². The number of thioether (sulfide) groups is 1. The average molecular weight is 382 g/mol. The van der Waals surface area contributed by atoms with Gasteiger partial charge in [0.15, 0.2) is 16.8 Å². The van der Waals surface area contributed by atoms with Crippen LogP contribution in [0.25, 0.3) is 11.4 Å². The maximum absolute atomic E-state index is 5.50. The predicted octanol–water partition coefficient (Wildman–Crippen LogP) is 3.61. The van der Waals surface area contributed by atoms with Crippen LogP contribution in [0.4, 0.5) is 0 Å². The van der Waals surface area contributed by atoms with Crippen LogP contribution in [0.5, 0.6) is 0 Å². The fraction of sp³-hybridized carbons (Fsp3) is 0.278. The van der Waals surface area contributed by atoms with E-state index < -0.39 is 0 Å². The van der Waals surface area contributed by atoms with Gasteiger partial charge < -0.3 is 8.94 Å². The van der Waals surface area contributed by atoms with Gasteiger partial charge in [-0.15, -0.1) is 10.2 Å². The van der Waals surface area contributed by atoms with Crippen LogP contribution in [0.2, 0.25) is 0 Å². The Hall–Kier alpha value is -2.94. The largest absolute Gasteiger partial charge is 0.467 e. The molecule has 0 aliphatic heterocycles. The van der Waals surface area contributed by atoms with Gasteiger partial charge in [0.1, 0.15) is 5.76 Å². The summed E-state index contributed by atoms with van der Waals surface area (Å²) in [5, 5.41) is 13.4. The minimum absolute atomic E-state index is 0.525. The van der Waals surface area contributed by atoms with Crippen molar-refractivity contribution < 1.29 is 8.94 Å². The lowest BCUT2D eigenvalue weighted by atomic mass is 10.2. The fourth-order valence-corrected chi connectivity index (χ4v) is 3.38. The standard InChI is InChI=1S/C18H18N6O2S/c1-2-5-15-20-16(26-23-15)12-27-18-22-21-17(13-6-3-8-19-10-13)24(18)11-14-7-4-9-25-14/h3-4,6-10H,2,5,11-12H2,1H3. The van der Waals surface area contributed by atoms with Crippen LogP contribution in [0, 0.1) is 0 Å². The van der Waals surface area contributed by atoms with Crippen LogP contribution in [0.1, 0.15) is 30.8 Å². The Morgan fingerprint density at radius 2 is 2.15 bits per heavy atom. The highest BCUT2D eigenvalue weighted by Crippen LogP contribution is 2.26. The second kappa shape index (κ2) is 8.17. The zero-order valence-corrected chi connectivity index (χ0v) is 15.6. The molecule has 9 heteroatoms. The number of hydrogen-bond donors (Lipinski definition) is 0. The van der Waals surface area contributed by atoms with Crippen LogP contribution in [-0.4, -0.2) is 29.9 Å². The van der Waals surface area contributed by atoms with Gasteiger partial charge in [0.05, 0.1) is 18.6 Å². The normalized spacial score (nSPS) is 11.1. The highest BCUT2D eigenvalue weighted by Gasteiger charge is 2.17. The third-order valence-corrected chi connectivity index (χ3v) is 4.79. The van der Waals surface area contributed by atoms with E-state index in [1.807, 2.05) is 28.8 Å². The van der Waals surface area contributed by atoms with Crippen molar-refractivity contribution in [3.05, 3.63) is 60.4 Å². The van der Waals surface area contributed by atoms with Crippen molar-refractivity contribution in [2.75, 3.05) is 0 Å². The molecule has 0 spiro atoms. The number of aryl methyl sites for hydroxylation is 1. The molecule has 0 aliphatic carbocycles. The summed E-state index contributed by atoms with van der Waals surface area (Å²) in [5.74, 6) is 3.41. The van der Waals surface area contributed by atoms with Crippen molar-refractivity contribution in [3.8, 4) is 11.4 Å². The molecule has 0 aliphatic rings. The molecule has 0 N–H and O–H groups in total. The molecule has 0 fully saturated rings. The summed E-state index contributed by atoms with van der Waals surface area (Å²) in [6.45, 7) is 2.61. The first-order valence-corrected chi connectivity index (χ1v) is 9.62. The quantitative estimate of drug-likeness (QED) is 0.427. The molecule has 4 aromatic rings. The van der Waals surface area contributed by atoms with Crippen LogP contribution in [-0.2, 0) is 18.7 Å². The third-order valence-electron chi connectivity index (χ3n) is 3.84. The predicted molar refractivity (Wildman–Crippen MR) is 98.9 cm³/mol. The first-order valence-electron chi connectivity index (χ1n) is 8.63. The van der Waals surface area contributed by atoms with E-state index in [1.165, 1.54) is 11.8 Å². The van der Waals surface area contributed by atoms with Crippen LogP contribution in [0.15, 0.2) is 57.0 Å². The lowest BCUT2D eigenvalue weighted by molar-refractivity contribution is 0.384. The number of nitrogens with zero attached hydrogens (tertiary/aromatic N) is 6. The van der Waals surface area contributed by atoms with E-state index in [1.54, 1.807) is 18.7 Å². The number of hydrogen-bond acceptors (Lipinski definition) is 8. The Balaban J connectivity index is 1.58. The molecule has 0 atom stereocenters. The summed E-state index contributed by atoms with van der Waals surface area (Å²) < 4.78 is 12.8. The minimum atomic E-state index is 0.525. The maximum Gasteiger partial charge on any atom is 0.237 e. The molecule has 4 aromatic heterocycles. The van der Waals surface area contributed by atoms with Crippen molar-refractivity contribution in [1.82, 2.24) is 29.9 Å². The van der Waals surface area contributed by atoms with Gasteiger partial charge in [0.2, 0.25) is 5.89 Å². The molecule has 4 heterocycles. The molecule has 27 heavy (non-hydrogen) atoms. The molecule has 0 unspecified atom stereocenters. The van der Waals surface area contributed by atoms with Crippen molar-refractivity contribution in [3.63, 3.8) is 0 Å². The molecule has 138 valence electrons. The zero-order valence-electron chi connectivity index (χ0n) is 14.8. The minimum Gasteiger partial charge on any atom is -0.467 e. The second-order valence-electron chi connectivity index (χ2n) is 5.86. The zero-order chi connectivity index (χ0) is 18.5. The summed E-state index contributed by atoms with van der Waals surface area (Å²) in [4.78, 5) is 8.58. The van der Waals surface area contributed by atoms with E-state index in [9.17, 15) is 0 Å². The van der Waals surface area contributed by atoms with Crippen molar-refractivity contribution in [2.45, 2.75) is 37.2 Å². The highest BCUT2D eigenvalue weighted by atomic mass is 32.2. The number of pyridine rings is 1. The Morgan fingerprint density at radius 3 is 2.93 bits per heavy atom. The molecule has 0 saturated heterocycles. The third kappa shape index (κ3) is 4.08. The van der Waals surface area contributed by atoms with Gasteiger partial charge in [0.25, 0.3) is 0 Å². The Kier molecular flexibility index (Phi) is 5.29. The van der Waals surface area contributed by atoms with E-state index in [-0.39, 0.29) is 0 Å². The fourth-order valence-electron chi connectivity index (χ4n) is 2.61. The SMILES string of the molecule is CCCc1noc(CSc2nnc(-c3cccnc3)n2Cc2ccco2)n1. The lowest BCUT2D eigenvalue weighted by Crippen LogP contribution is -2.03. The summed E-state index contributed by atoms with van der Waals surface area (Å²) >= 11 is 1.50. The van der Waals surface area contributed by atoms with E-state index in [0.29, 0.717) is 18.2 Å². The number of rotatable bonds is 8. The summed E-state index contributed by atoms with van der Waals surface area (Å²) in [6, 6.07) is 7.63. The van der Waals surface area contributed by atoms with E-state index >= 15 is 0 Å². The Morgan fingerprint density at radius 1 is 1.19 bits per heavy atom. The number of furan rings is 1. The van der Waals surface area contributed by atoms with Gasteiger partial charge in [-0.2, -0.15) is 4.98 Å². The number of aromatic nitrogens is 6. The van der Waals surface area contributed by atoms with Crippen LogP contribution in [0.3, 0.4) is 0 Å². The first kappa shape index (κ1) is 17.5. The van der Waals surface area contributed by atoms with E-state index in [0.717, 1.165) is 41.0 Å². The molecule has 0 radical (unpaired) electrons. The molecular weight excluding hydrogens is 364 g/mol. The van der Waals surface area contributed by atoms with E-state index in [4.69, 9.17) is 8.94 Å². The monoisotopic (exact) mass is 382 g/mol. The van der Waals surface area contributed by atoms with Crippen LogP contribution < -0.4 is 0 Å². The smallest absolute Gasteiger partial charge is 0.237 e. The molecular formula is C18H18N6O2S. The molecule has 0 aromatic carbocycles.